The Morgan fingerprint density at radius 2 is 1.71 bits per heavy atom. The van der Waals surface area contributed by atoms with E-state index in [1.54, 1.807) is 29.1 Å². The van der Waals surface area contributed by atoms with Gasteiger partial charge in [0.2, 0.25) is 0 Å². The molecule has 1 aromatic heterocycles. The molecule has 1 aromatic carbocycles. The summed E-state index contributed by atoms with van der Waals surface area (Å²) in [5.41, 5.74) is 1.45. The van der Waals surface area contributed by atoms with Crippen LogP contribution in [-0.4, -0.2) is 37.2 Å². The third-order valence-electron chi connectivity index (χ3n) is 4.62. The number of carbonyl (C=O) groups is 3. The Morgan fingerprint density at radius 3 is 2.35 bits per heavy atom. The first-order chi connectivity index (χ1) is 14.8. The van der Waals surface area contributed by atoms with Crippen molar-refractivity contribution >= 4 is 18.0 Å². The van der Waals surface area contributed by atoms with Crippen LogP contribution in [0.15, 0.2) is 54.9 Å². The van der Waals surface area contributed by atoms with Crippen LogP contribution < -0.4 is 15.2 Å². The number of amides is 2. The van der Waals surface area contributed by atoms with E-state index in [2.05, 4.69) is 10.6 Å². The van der Waals surface area contributed by atoms with E-state index in [0.29, 0.717) is 12.0 Å². The number of nitrogens with one attached hydrogen (secondary N) is 2. The molecule has 0 unspecified atom stereocenters. The van der Waals surface area contributed by atoms with Crippen LogP contribution >= 0.6 is 0 Å². The number of alkyl carbamates (subject to hydrolysis) is 1. The Hall–Kier alpha value is -3.42. The summed E-state index contributed by atoms with van der Waals surface area (Å²) in [5, 5.41) is 5.47. The predicted octanol–water partition coefficient (Wildman–Crippen LogP) is 2.22. The number of benzene rings is 1. The van der Waals surface area contributed by atoms with Gasteiger partial charge in [0.25, 0.3) is 12.6 Å². The van der Waals surface area contributed by atoms with E-state index in [-0.39, 0.29) is 18.7 Å². The average molecular weight is 429 g/mol. The molecular formula is C23H30N3O5+. The van der Waals surface area contributed by atoms with Crippen LogP contribution in [0.4, 0.5) is 4.79 Å². The summed E-state index contributed by atoms with van der Waals surface area (Å²) in [4.78, 5) is 36.5. The van der Waals surface area contributed by atoms with Gasteiger partial charge < -0.3 is 20.1 Å². The number of rotatable bonds is 9. The quantitative estimate of drug-likeness (QED) is 0.471. The molecule has 2 amide bonds. The smallest absolute Gasteiger partial charge is 0.412 e. The number of carbonyl (C=O) groups excluding carboxylic acids is 3. The molecular weight excluding hydrogens is 398 g/mol. The number of nitrogens with zero attached hydrogens (tertiary/aromatic N) is 1. The van der Waals surface area contributed by atoms with Gasteiger partial charge in [-0.2, -0.15) is 4.57 Å². The minimum Gasteiger partial charge on any atom is -0.467 e. The Bertz CT molecular complexity index is 886. The fourth-order valence-electron chi connectivity index (χ4n) is 2.98. The Balaban J connectivity index is 1.89. The molecule has 31 heavy (non-hydrogen) atoms. The molecule has 1 heterocycles. The standard InChI is InChI=1S/C23H29N3O5/c1-16(2)20(22(28)30-4)25-21(27)19-11-8-12-26(14-19)15-31-23(29)24-17(3)13-18-9-6-5-7-10-18/h5-12,14,16-17,20H,13,15H2,1-4H3,(H-,24,25,27,29)/p+1/t17-,20-/m0/s1. The van der Waals surface area contributed by atoms with Crippen molar-refractivity contribution in [1.29, 1.82) is 0 Å². The predicted molar refractivity (Wildman–Crippen MR) is 114 cm³/mol. The average Bonchev–Trinajstić information content (AvgIpc) is 2.76. The van der Waals surface area contributed by atoms with Crippen LogP contribution in [0.25, 0.3) is 0 Å². The first kappa shape index (κ1) is 23.9. The van der Waals surface area contributed by atoms with Crippen LogP contribution in [0.3, 0.4) is 0 Å². The fourth-order valence-corrected chi connectivity index (χ4v) is 2.98. The van der Waals surface area contributed by atoms with Gasteiger partial charge >= 0.3 is 12.1 Å². The third kappa shape index (κ3) is 7.73. The number of esters is 1. The molecule has 166 valence electrons. The van der Waals surface area contributed by atoms with Gasteiger partial charge in [0, 0.05) is 12.1 Å². The van der Waals surface area contributed by atoms with Crippen LogP contribution in [0, 0.1) is 5.92 Å². The minimum atomic E-state index is -0.751. The number of aromatic nitrogens is 1. The number of hydrogen-bond acceptors (Lipinski definition) is 5. The van der Waals surface area contributed by atoms with Gasteiger partial charge in [-0.25, -0.2) is 9.59 Å². The maximum atomic E-state index is 12.5. The molecule has 0 fully saturated rings. The molecule has 0 aliphatic rings. The van der Waals surface area contributed by atoms with Gasteiger partial charge in [-0.15, -0.1) is 0 Å². The highest BCUT2D eigenvalue weighted by molar-refractivity contribution is 5.96. The van der Waals surface area contributed by atoms with Gasteiger partial charge in [-0.3, -0.25) is 4.79 Å². The number of hydrogen-bond donors (Lipinski definition) is 2. The zero-order chi connectivity index (χ0) is 22.8. The Morgan fingerprint density at radius 1 is 1.00 bits per heavy atom. The van der Waals surface area contributed by atoms with E-state index in [1.165, 1.54) is 7.11 Å². The van der Waals surface area contributed by atoms with Crippen molar-refractivity contribution in [3.8, 4) is 0 Å². The molecule has 0 spiro atoms. The van der Waals surface area contributed by atoms with E-state index in [0.717, 1.165) is 5.56 Å². The second-order valence-electron chi connectivity index (χ2n) is 7.62. The molecule has 8 heteroatoms. The topological polar surface area (TPSA) is 97.6 Å². The highest BCUT2D eigenvalue weighted by atomic mass is 16.6. The number of methoxy groups -OCH3 is 1. The van der Waals surface area contributed by atoms with Gasteiger partial charge in [0.15, 0.2) is 12.4 Å². The summed E-state index contributed by atoms with van der Waals surface area (Å²) >= 11 is 0. The van der Waals surface area contributed by atoms with Gasteiger partial charge in [-0.1, -0.05) is 44.2 Å². The third-order valence-corrected chi connectivity index (χ3v) is 4.62. The normalized spacial score (nSPS) is 12.5. The summed E-state index contributed by atoms with van der Waals surface area (Å²) in [7, 11) is 1.28. The molecule has 0 bridgehead atoms. The van der Waals surface area contributed by atoms with Gasteiger partial charge in [-0.05, 0) is 30.9 Å². The molecule has 2 aromatic rings. The lowest BCUT2D eigenvalue weighted by atomic mass is 10.0. The van der Waals surface area contributed by atoms with Crippen molar-refractivity contribution in [2.75, 3.05) is 7.11 Å². The fraction of sp³-hybridized carbons (Fsp3) is 0.391. The lowest BCUT2D eigenvalue weighted by Gasteiger charge is -2.19. The molecule has 0 aliphatic carbocycles. The number of ether oxygens (including phenoxy) is 2. The monoisotopic (exact) mass is 428 g/mol. The van der Waals surface area contributed by atoms with Crippen molar-refractivity contribution in [3.63, 3.8) is 0 Å². The molecule has 0 saturated heterocycles. The molecule has 2 atom stereocenters. The van der Waals surface area contributed by atoms with Crippen molar-refractivity contribution in [3.05, 3.63) is 66.0 Å². The van der Waals surface area contributed by atoms with Crippen molar-refractivity contribution in [1.82, 2.24) is 10.6 Å². The van der Waals surface area contributed by atoms with Crippen molar-refractivity contribution < 1.29 is 28.4 Å². The van der Waals surface area contributed by atoms with E-state index in [1.807, 2.05) is 51.1 Å². The van der Waals surface area contributed by atoms with E-state index in [9.17, 15) is 14.4 Å². The van der Waals surface area contributed by atoms with Crippen LogP contribution in [0.1, 0.15) is 36.7 Å². The largest absolute Gasteiger partial charge is 0.467 e. The molecule has 2 N–H and O–H groups in total. The maximum Gasteiger partial charge on any atom is 0.412 e. The first-order valence-electron chi connectivity index (χ1n) is 10.1. The van der Waals surface area contributed by atoms with E-state index in [4.69, 9.17) is 9.47 Å². The summed E-state index contributed by atoms with van der Waals surface area (Å²) in [6, 6.07) is 12.3. The molecule has 0 radical (unpaired) electrons. The lowest BCUT2D eigenvalue weighted by Crippen LogP contribution is -2.46. The summed E-state index contributed by atoms with van der Waals surface area (Å²) < 4.78 is 11.6. The Kier molecular flexibility index (Phi) is 8.99. The van der Waals surface area contributed by atoms with Crippen molar-refractivity contribution in [2.45, 2.75) is 46.0 Å². The highest BCUT2D eigenvalue weighted by Gasteiger charge is 2.26. The lowest BCUT2D eigenvalue weighted by molar-refractivity contribution is -0.727. The second kappa shape index (κ2) is 11.7. The van der Waals surface area contributed by atoms with Crippen LogP contribution in [0.5, 0.6) is 0 Å². The Labute approximate surface area is 182 Å². The maximum absolute atomic E-state index is 12.5. The SMILES string of the molecule is COC(=O)[C@@H](NC(=O)c1ccc[n+](COC(=O)N[C@@H](C)Cc2ccccc2)c1)C(C)C. The van der Waals surface area contributed by atoms with Gasteiger partial charge in [0.05, 0.1) is 7.11 Å². The summed E-state index contributed by atoms with van der Waals surface area (Å²) in [6.45, 7) is 5.48. The van der Waals surface area contributed by atoms with Crippen LogP contribution in [0.2, 0.25) is 0 Å². The van der Waals surface area contributed by atoms with Gasteiger partial charge in [0.1, 0.15) is 11.6 Å². The first-order valence-corrected chi connectivity index (χ1v) is 10.1. The molecule has 0 saturated carbocycles. The molecule has 0 aliphatic heterocycles. The number of pyridine rings is 1. The zero-order valence-corrected chi connectivity index (χ0v) is 18.3. The van der Waals surface area contributed by atoms with E-state index < -0.39 is 24.0 Å². The van der Waals surface area contributed by atoms with E-state index >= 15 is 0 Å². The zero-order valence-electron chi connectivity index (χ0n) is 18.3. The second-order valence-corrected chi connectivity index (χ2v) is 7.62. The molecule has 8 nitrogen and oxygen atoms in total. The molecule has 2 rings (SSSR count). The van der Waals surface area contributed by atoms with Crippen molar-refractivity contribution in [2.24, 2.45) is 5.92 Å². The minimum absolute atomic E-state index is 0.0599. The summed E-state index contributed by atoms with van der Waals surface area (Å²) in [6.07, 6.45) is 3.37. The highest BCUT2D eigenvalue weighted by Crippen LogP contribution is 2.06. The van der Waals surface area contributed by atoms with Crippen LogP contribution in [-0.2, 0) is 27.4 Å². The summed E-state index contributed by atoms with van der Waals surface area (Å²) in [5.74, 6) is -1.05.